The second-order valence-corrected chi connectivity index (χ2v) is 33.8. The van der Waals surface area contributed by atoms with Crippen molar-refractivity contribution >= 4 is 169 Å². The first-order valence-corrected chi connectivity index (χ1v) is 42.8. The Hall–Kier alpha value is -8.12. The van der Waals surface area contributed by atoms with Crippen molar-refractivity contribution in [1.29, 1.82) is 0 Å². The van der Waals surface area contributed by atoms with Crippen LogP contribution in [0.4, 0.5) is 0 Å². The van der Waals surface area contributed by atoms with Crippen molar-refractivity contribution in [2.75, 3.05) is 26.2 Å². The van der Waals surface area contributed by atoms with Crippen LogP contribution in [-0.4, -0.2) is 176 Å². The molecule has 0 heterocycles. The summed E-state index contributed by atoms with van der Waals surface area (Å²) in [4.78, 5) is -9.25. The highest BCUT2D eigenvalue weighted by molar-refractivity contribution is 7.88. The van der Waals surface area contributed by atoms with Crippen LogP contribution in [0, 0.1) is 0 Å². The van der Waals surface area contributed by atoms with E-state index in [9.17, 15) is 104 Å². The fourth-order valence-corrected chi connectivity index (χ4v) is 16.5. The Balaban J connectivity index is -0.000000667. The van der Waals surface area contributed by atoms with Crippen LogP contribution in [-0.2, 0) is 80.9 Å². The number of benzene rings is 8. The van der Waals surface area contributed by atoms with E-state index in [1.54, 1.807) is 0 Å². The van der Waals surface area contributed by atoms with Crippen LogP contribution < -0.4 is 90.4 Å². The normalized spacial score (nSPS) is 11.5. The predicted molar refractivity (Wildman–Crippen MR) is 394 cm³/mol. The predicted octanol–water partition coefficient (Wildman–Crippen LogP) is -12.9. The van der Waals surface area contributed by atoms with Gasteiger partial charge in [0, 0.05) is 43.1 Å². The minimum Gasteiger partial charge on any atom is -0.744 e. The Kier molecular flexibility index (Phi) is 46.5. The van der Waals surface area contributed by atoms with Gasteiger partial charge in [-0.1, -0.05) is 113 Å². The lowest BCUT2D eigenvalue weighted by Crippen LogP contribution is -2.51. The van der Waals surface area contributed by atoms with Crippen LogP contribution >= 0.6 is 0 Å². The summed E-state index contributed by atoms with van der Waals surface area (Å²) in [5, 5.41) is 12.5. The number of guanidine groups is 4. The van der Waals surface area contributed by atoms with Crippen LogP contribution in [0.3, 0.4) is 0 Å². The Labute approximate surface area is 635 Å². The molecule has 0 spiro atoms. The number of quaternary nitrogens is 4. The van der Waals surface area contributed by atoms with Crippen LogP contribution in [0.25, 0.3) is 64.6 Å². The van der Waals surface area contributed by atoms with Gasteiger partial charge in [-0.05, 0) is 97.2 Å². The van der Waals surface area contributed by atoms with Gasteiger partial charge in [-0.25, -0.2) is 67.3 Å². The molecule has 0 aliphatic heterocycles. The van der Waals surface area contributed by atoms with Crippen molar-refractivity contribution in [2.45, 2.75) is 155 Å². The van der Waals surface area contributed by atoms with Gasteiger partial charge in [0.1, 0.15) is 80.9 Å². The summed E-state index contributed by atoms with van der Waals surface area (Å²) in [5.74, 6) is -0.333. The largest absolute Gasteiger partial charge is 0.744 e. The molecule has 44 N–H and O–H groups in total. The lowest BCUT2D eigenvalue weighted by molar-refractivity contribution is -0.369. The molecule has 110 heavy (non-hydrogen) atoms. The van der Waals surface area contributed by atoms with Crippen LogP contribution in [0.2, 0.25) is 0 Å². The summed E-state index contributed by atoms with van der Waals surface area (Å²) >= 11 is 0. The maximum atomic E-state index is 11.8. The second-order valence-electron chi connectivity index (χ2n) is 23.0. The molecule has 0 radical (unpaired) electrons. The summed E-state index contributed by atoms with van der Waals surface area (Å²) < 4.78 is 282. The highest BCUT2D eigenvalue weighted by Crippen LogP contribution is 2.46. The first-order chi connectivity index (χ1) is 48.6. The maximum absolute atomic E-state index is 11.8. The van der Waals surface area contributed by atoms with Crippen LogP contribution in [0.15, 0.2) is 112 Å². The molecule has 0 amide bonds. The van der Waals surface area contributed by atoms with Crippen molar-refractivity contribution in [2.24, 2.45) is 45.9 Å². The highest BCUT2D eigenvalue weighted by Gasteiger charge is 2.27. The molecule has 8 aromatic rings. The molecule has 44 nitrogen and oxygen atoms in total. The van der Waals surface area contributed by atoms with E-state index in [1.807, 2.05) is 0 Å². The number of unbranched alkanes of at least 4 members (excludes halogenated alkanes) is 16. The zero-order valence-electron chi connectivity index (χ0n) is 59.3. The Morgan fingerprint density at radius 3 is 0.382 bits per heavy atom. The van der Waals surface area contributed by atoms with E-state index < -0.39 is 185 Å². The summed E-state index contributed by atoms with van der Waals surface area (Å²) in [6.07, 6.45) is 25.2. The smallest absolute Gasteiger partial charge is 0.336 e. The third kappa shape index (κ3) is 34.6. The molecular weight excluding hydrogens is 1630 g/mol. The average molecular weight is 1730 g/mol. The number of rotatable bonds is 28. The van der Waals surface area contributed by atoms with Gasteiger partial charge in [0.05, 0.1) is 65.3 Å². The van der Waals surface area contributed by atoms with E-state index in [1.165, 1.54) is 116 Å². The number of nitrogens with two attached hydrogens (primary N) is 12. The van der Waals surface area contributed by atoms with Crippen molar-refractivity contribution in [1.82, 2.24) is 0 Å². The Morgan fingerprint density at radius 1 is 0.227 bits per heavy atom. The monoisotopic (exact) mass is 1720 g/mol. The average Bonchev–Trinajstić information content (AvgIpc) is 0.710. The van der Waals surface area contributed by atoms with Crippen molar-refractivity contribution in [3.05, 3.63) is 72.8 Å². The molecule has 628 valence electrons. The topological polar surface area (TPSA) is 1000 Å². The van der Waals surface area contributed by atoms with Gasteiger partial charge >= 0.3 is 23.8 Å². The third-order valence-electron chi connectivity index (χ3n) is 14.6. The van der Waals surface area contributed by atoms with Gasteiger partial charge < -0.3 is 81.3 Å². The fourth-order valence-electron chi connectivity index (χ4n) is 10.6. The first-order valence-electron chi connectivity index (χ1n) is 31.5. The van der Waals surface area contributed by atoms with Crippen molar-refractivity contribution in [3.8, 4) is 0 Å². The van der Waals surface area contributed by atoms with E-state index in [0.29, 0.717) is 24.3 Å². The summed E-state index contributed by atoms with van der Waals surface area (Å²) in [7, 11) is -43.2. The molecule has 8 rings (SSSR count). The van der Waals surface area contributed by atoms with Gasteiger partial charge in [0.2, 0.25) is 0 Å². The lowest BCUT2D eigenvalue weighted by atomic mass is 9.94. The molecule has 0 aromatic heterocycles. The molecule has 0 fully saturated rings. The molecule has 0 atom stereocenters. The minimum atomic E-state index is -5.40. The van der Waals surface area contributed by atoms with E-state index in [-0.39, 0.29) is 45.7 Å². The number of hydrogen-bond acceptors (Lipinski definition) is 24. The Bertz CT molecular complexity index is 4410. The second kappa shape index (κ2) is 47.3. The van der Waals surface area contributed by atoms with E-state index in [2.05, 4.69) is 90.4 Å². The highest BCUT2D eigenvalue weighted by atomic mass is 32.2. The maximum Gasteiger partial charge on any atom is 0.336 e. The minimum absolute atomic E-state index is 0. The number of hydrogen-bond donors (Lipinski definition) is 16. The van der Waals surface area contributed by atoms with Gasteiger partial charge in [-0.3, -0.25) is 67.5 Å². The molecule has 0 aliphatic carbocycles. The SMILES string of the molecule is NC(N)=[NH2+].NC(N)=[NH2+].NC(N)=[NH2+].NC(N)=[NH2+].O.O.O.O.O=S(=O)([O-])c1cc(S(=O)(=O)[O-])c2ccc3c(S(=O)(=O)[O-])cc(S(=O)(=O)[O-])c4ccc1c2c43.O=S(=O)([O-])c1cc(S(=O)(=O)[O-])c2ccc3c(S(=O)(=O)[O-])cc(S(=O)(=O)[O-])c4ccc1c2c43.[NH3+]CCCCCCCCCCC[NH3+].[NH3+]CCCCCCCCCCC[NH3+]. The van der Waals surface area contributed by atoms with E-state index >= 15 is 0 Å². The zero-order chi connectivity index (χ0) is 81.9. The van der Waals surface area contributed by atoms with Gasteiger partial charge in [-0.2, -0.15) is 0 Å². The molecule has 0 bridgehead atoms. The Morgan fingerprint density at radius 2 is 0.309 bits per heavy atom. The molecular formula is C58H100N16O28S8. The van der Waals surface area contributed by atoms with Gasteiger partial charge in [0.25, 0.3) is 0 Å². The molecule has 52 heteroatoms. The standard InChI is InChI=1S/2C16H10O12S4.2C11H26N2.4CH5N3.4H2O/c2*17-29(18,19)11-5-13(31(23,24)25)9-3-4-10-14(32(26,27)28)6-12(30(20,21)22)8-2-1-7(11)15(9)16(8)10;2*12-10-8-6-4-2-1-3-5-7-9-11-13;4*2-1(3)4;;;;/h2*1-6H,(H,17,18,19)(H,20,21,22)(H,23,24,25)(H,26,27,28);2*1-13H2;4*(H5,2,3,4);4*1H2. The summed E-state index contributed by atoms with van der Waals surface area (Å²) in [5.41, 5.74) is 52.1. The summed E-state index contributed by atoms with van der Waals surface area (Å²) in [6, 6.07) is 8.54. The molecule has 8 aromatic carbocycles. The van der Waals surface area contributed by atoms with E-state index in [0.717, 1.165) is 74.7 Å². The molecule has 0 saturated carbocycles. The van der Waals surface area contributed by atoms with Crippen LogP contribution in [0.1, 0.15) is 116 Å². The zero-order valence-corrected chi connectivity index (χ0v) is 65.8. The van der Waals surface area contributed by atoms with Crippen molar-refractivity contribution < 1.29 is 170 Å². The first kappa shape index (κ1) is 108. The third-order valence-corrected chi connectivity index (χ3v) is 21.7. The van der Waals surface area contributed by atoms with Gasteiger partial charge in [0.15, 0.2) is 0 Å². The summed E-state index contributed by atoms with van der Waals surface area (Å²) in [6.45, 7) is 4.46. The van der Waals surface area contributed by atoms with Gasteiger partial charge in [-0.15, -0.1) is 0 Å². The molecule has 0 saturated heterocycles. The lowest BCUT2D eigenvalue weighted by Gasteiger charge is -2.23. The van der Waals surface area contributed by atoms with Crippen molar-refractivity contribution in [3.63, 3.8) is 0 Å². The molecule has 0 unspecified atom stereocenters. The molecule has 0 aliphatic rings. The van der Waals surface area contributed by atoms with E-state index in [4.69, 9.17) is 0 Å². The quantitative estimate of drug-likeness (QED) is 0.00712. The fraction of sp³-hybridized carbons (Fsp3) is 0.379. The van der Waals surface area contributed by atoms with Crippen LogP contribution in [0.5, 0.6) is 0 Å².